The van der Waals surface area contributed by atoms with Gasteiger partial charge in [-0.3, -0.25) is 0 Å². The number of hydrogen-bond acceptors (Lipinski definition) is 12. The molecule has 0 fully saturated rings. The Morgan fingerprint density at radius 1 is 0.333 bits per heavy atom. The molecular formula is C12H12O12Zn3. The minimum atomic E-state index is -1.37. The van der Waals surface area contributed by atoms with Crippen molar-refractivity contribution in [2.45, 2.75) is 38.5 Å². The van der Waals surface area contributed by atoms with Gasteiger partial charge in [0.25, 0.3) is 0 Å². The van der Waals surface area contributed by atoms with Crippen molar-refractivity contribution in [3.05, 3.63) is 0 Å². The van der Waals surface area contributed by atoms with Crippen molar-refractivity contribution >= 4 is 35.8 Å². The summed E-state index contributed by atoms with van der Waals surface area (Å²) in [5.74, 6) is -8.20. The van der Waals surface area contributed by atoms with Crippen molar-refractivity contribution in [1.29, 1.82) is 0 Å². The fourth-order valence-corrected chi connectivity index (χ4v) is 0.612. The average Bonchev–Trinajstić information content (AvgIpc) is 2.42. The van der Waals surface area contributed by atoms with Gasteiger partial charge >= 0.3 is 58.4 Å². The zero-order chi connectivity index (χ0) is 19.7. The summed E-state index contributed by atoms with van der Waals surface area (Å²) in [6.45, 7) is 0. The number of hydrogen-bond donors (Lipinski definition) is 0. The van der Waals surface area contributed by atoms with Crippen LogP contribution in [0.1, 0.15) is 38.5 Å². The third-order valence-corrected chi connectivity index (χ3v) is 1.60. The van der Waals surface area contributed by atoms with Crippen LogP contribution in [0.15, 0.2) is 0 Å². The van der Waals surface area contributed by atoms with E-state index in [0.717, 1.165) is 0 Å². The van der Waals surface area contributed by atoms with E-state index in [0.29, 0.717) is 0 Å². The molecule has 0 spiro atoms. The second kappa shape index (κ2) is 26.9. The number of aliphatic carboxylic acids is 6. The number of carbonyl (C=O) groups is 6. The first kappa shape index (κ1) is 40.4. The fraction of sp³-hybridized carbons (Fsp3) is 0.500. The van der Waals surface area contributed by atoms with Gasteiger partial charge in [0.15, 0.2) is 0 Å². The van der Waals surface area contributed by atoms with Crippen molar-refractivity contribution < 1.29 is 118 Å². The van der Waals surface area contributed by atoms with E-state index < -0.39 is 74.3 Å². The third kappa shape index (κ3) is 67.8. The Labute approximate surface area is 191 Å². The molecule has 0 aromatic heterocycles. The van der Waals surface area contributed by atoms with E-state index in [1.807, 2.05) is 0 Å². The summed E-state index contributed by atoms with van der Waals surface area (Å²) in [6, 6.07) is 0. The van der Waals surface area contributed by atoms with Crippen LogP contribution >= 0.6 is 0 Å². The van der Waals surface area contributed by atoms with Crippen molar-refractivity contribution in [1.82, 2.24) is 0 Å². The minimum absolute atomic E-state index is 0. The molecule has 0 aromatic carbocycles. The molecule has 138 valence electrons. The van der Waals surface area contributed by atoms with Gasteiger partial charge in [-0.25, -0.2) is 0 Å². The maximum absolute atomic E-state index is 9.50. The van der Waals surface area contributed by atoms with Gasteiger partial charge in [0.05, 0.1) is 0 Å². The van der Waals surface area contributed by atoms with Crippen LogP contribution in [0.2, 0.25) is 0 Å². The van der Waals surface area contributed by atoms with E-state index in [1.54, 1.807) is 0 Å². The van der Waals surface area contributed by atoms with E-state index in [2.05, 4.69) is 0 Å². The summed E-state index contributed by atoms with van der Waals surface area (Å²) in [4.78, 5) is 57.0. The monoisotopic (exact) mass is 540 g/mol. The molecule has 0 saturated carbocycles. The molecule has 0 aromatic rings. The van der Waals surface area contributed by atoms with Crippen molar-refractivity contribution in [2.75, 3.05) is 0 Å². The Kier molecular flexibility index (Phi) is 40.3. The van der Waals surface area contributed by atoms with Crippen LogP contribution in [0.4, 0.5) is 0 Å². The van der Waals surface area contributed by atoms with E-state index in [-0.39, 0.29) is 58.4 Å². The molecule has 0 N–H and O–H groups in total. The second-order valence-electron chi connectivity index (χ2n) is 3.73. The van der Waals surface area contributed by atoms with Gasteiger partial charge in [-0.1, -0.05) is 0 Å². The zero-order valence-corrected chi connectivity index (χ0v) is 23.2. The van der Waals surface area contributed by atoms with Gasteiger partial charge in [-0.2, -0.15) is 0 Å². The van der Waals surface area contributed by atoms with Gasteiger partial charge in [0, 0.05) is 35.8 Å². The summed E-state index contributed by atoms with van der Waals surface area (Å²) < 4.78 is 0. The molecule has 0 heterocycles. The Hall–Kier alpha value is -1.31. The van der Waals surface area contributed by atoms with Crippen LogP contribution in [-0.4, -0.2) is 35.8 Å². The predicted octanol–water partition coefficient (Wildman–Crippen LogP) is -8.21. The van der Waals surface area contributed by atoms with Gasteiger partial charge in [0.2, 0.25) is 0 Å². The predicted molar refractivity (Wildman–Crippen MR) is 57.7 cm³/mol. The fourth-order valence-electron chi connectivity index (χ4n) is 0.612. The quantitative estimate of drug-likeness (QED) is 0.246. The summed E-state index contributed by atoms with van der Waals surface area (Å²) >= 11 is 0. The summed E-state index contributed by atoms with van der Waals surface area (Å²) in [6.07, 6.45) is -2.82. The first-order chi connectivity index (χ1) is 10.9. The smallest absolute Gasteiger partial charge is 0.550 e. The maximum Gasteiger partial charge on any atom is 2.00 e. The Morgan fingerprint density at radius 3 is 0.444 bits per heavy atom. The molecule has 0 aliphatic heterocycles. The van der Waals surface area contributed by atoms with Crippen LogP contribution < -0.4 is 30.6 Å². The average molecular weight is 544 g/mol. The van der Waals surface area contributed by atoms with Gasteiger partial charge in [-0.05, 0) is 38.5 Å². The Bertz CT molecular complexity index is 358. The number of carbonyl (C=O) groups excluding carboxylic acids is 6. The van der Waals surface area contributed by atoms with Crippen molar-refractivity contribution in [3.8, 4) is 0 Å². The van der Waals surface area contributed by atoms with Crippen LogP contribution in [0.3, 0.4) is 0 Å². The number of rotatable bonds is 9. The summed E-state index contributed by atoms with van der Waals surface area (Å²) in [5.41, 5.74) is 0. The van der Waals surface area contributed by atoms with Crippen LogP contribution in [-0.2, 0) is 87.2 Å². The van der Waals surface area contributed by atoms with E-state index in [4.69, 9.17) is 0 Å². The van der Waals surface area contributed by atoms with Crippen LogP contribution in [0.25, 0.3) is 0 Å². The van der Waals surface area contributed by atoms with Crippen LogP contribution in [0, 0.1) is 0 Å². The first-order valence-corrected chi connectivity index (χ1v) is 6.07. The molecule has 27 heavy (non-hydrogen) atoms. The van der Waals surface area contributed by atoms with Gasteiger partial charge in [-0.15, -0.1) is 0 Å². The molecule has 0 bridgehead atoms. The number of carboxylic acids is 6. The molecule has 0 radical (unpaired) electrons. The molecule has 0 amide bonds. The molecule has 0 atom stereocenters. The van der Waals surface area contributed by atoms with Gasteiger partial charge in [0.1, 0.15) is 0 Å². The third-order valence-electron chi connectivity index (χ3n) is 1.60. The largest absolute Gasteiger partial charge is 2.00 e. The topological polar surface area (TPSA) is 241 Å². The van der Waals surface area contributed by atoms with E-state index in [1.165, 1.54) is 0 Å². The van der Waals surface area contributed by atoms with Crippen molar-refractivity contribution in [3.63, 3.8) is 0 Å². The van der Waals surface area contributed by atoms with Crippen LogP contribution in [0.5, 0.6) is 0 Å². The normalized spacial score (nSPS) is 7.56. The Balaban J connectivity index is -0.0000000580. The molecule has 0 unspecified atom stereocenters. The minimum Gasteiger partial charge on any atom is -0.550 e. The molecule has 12 nitrogen and oxygen atoms in total. The molecule has 0 aliphatic carbocycles. The SMILES string of the molecule is O=C([O-])CCC(=O)[O-].O=C([O-])CCC(=O)[O-].O=C([O-])CCC(=O)[O-].[Zn+2].[Zn+2].[Zn+2]. The van der Waals surface area contributed by atoms with E-state index >= 15 is 0 Å². The standard InChI is InChI=1S/3C4H6O4.3Zn/c3*5-3(6)1-2-4(7)8;;;/h3*1-2H2,(H,5,6)(H,7,8);;;/q;;;3*+2/p-6. The summed E-state index contributed by atoms with van der Waals surface area (Å²) in [5, 5.41) is 57.0. The maximum atomic E-state index is 9.50. The molecular weight excluding hydrogens is 532 g/mol. The molecule has 0 aliphatic rings. The summed E-state index contributed by atoms with van der Waals surface area (Å²) in [7, 11) is 0. The molecule has 0 rings (SSSR count). The zero-order valence-electron chi connectivity index (χ0n) is 14.3. The molecule has 15 heteroatoms. The first-order valence-electron chi connectivity index (χ1n) is 6.07. The van der Waals surface area contributed by atoms with E-state index in [9.17, 15) is 59.4 Å². The van der Waals surface area contributed by atoms with Crippen molar-refractivity contribution in [2.24, 2.45) is 0 Å². The molecule has 0 saturated heterocycles. The Morgan fingerprint density at radius 2 is 0.407 bits per heavy atom. The van der Waals surface area contributed by atoms with Gasteiger partial charge < -0.3 is 59.4 Å². The second-order valence-corrected chi connectivity index (χ2v) is 3.73. The number of carboxylic acid groups (broad SMARTS) is 6.